The maximum atomic E-state index is 13.1. The van der Waals surface area contributed by atoms with E-state index >= 15 is 0 Å². The minimum absolute atomic E-state index is 0.109. The van der Waals surface area contributed by atoms with Crippen LogP contribution in [0.1, 0.15) is 44.7 Å². The van der Waals surface area contributed by atoms with Gasteiger partial charge >= 0.3 is 0 Å². The zero-order valence-corrected chi connectivity index (χ0v) is 25.4. The minimum atomic E-state index is -0.144. The van der Waals surface area contributed by atoms with E-state index in [0.717, 1.165) is 69.9 Å². The van der Waals surface area contributed by atoms with Crippen LogP contribution in [0.3, 0.4) is 0 Å². The van der Waals surface area contributed by atoms with Crippen LogP contribution in [0, 0.1) is 13.8 Å². The molecule has 2 amide bonds. The van der Waals surface area contributed by atoms with Crippen molar-refractivity contribution in [1.82, 2.24) is 30.5 Å². The van der Waals surface area contributed by atoms with Crippen molar-refractivity contribution in [3.8, 4) is 0 Å². The number of hydrogen-bond acceptors (Lipinski definition) is 6. The van der Waals surface area contributed by atoms with Gasteiger partial charge in [0.2, 0.25) is 0 Å². The lowest BCUT2D eigenvalue weighted by Gasteiger charge is -2.17. The Morgan fingerprint density at radius 3 is 1.80 bits per heavy atom. The van der Waals surface area contributed by atoms with Gasteiger partial charge < -0.3 is 15.5 Å². The normalized spacial score (nSPS) is 11.5. The predicted molar refractivity (Wildman–Crippen MR) is 177 cm³/mol. The number of amides is 2. The van der Waals surface area contributed by atoms with Crippen LogP contribution in [0.2, 0.25) is 0 Å². The first-order chi connectivity index (χ1) is 21.4. The Morgan fingerprint density at radius 1 is 0.614 bits per heavy atom. The highest BCUT2D eigenvalue weighted by molar-refractivity contribution is 6.08. The number of aryl methyl sites for hydroxylation is 2. The first kappa shape index (κ1) is 29.1. The SMILES string of the molecule is Cc1cccc2cc3cccc(C(=O)NCCCN(C)CCCNC(=O)c4cccc5nc6cccc(C)c6nc45)c3nc12. The van der Waals surface area contributed by atoms with E-state index in [0.29, 0.717) is 35.2 Å². The maximum Gasteiger partial charge on any atom is 0.253 e. The summed E-state index contributed by atoms with van der Waals surface area (Å²) in [5.41, 5.74) is 7.88. The van der Waals surface area contributed by atoms with Crippen LogP contribution in [-0.4, -0.2) is 64.9 Å². The largest absolute Gasteiger partial charge is 0.352 e. The quantitative estimate of drug-likeness (QED) is 0.152. The number of hydrogen-bond donors (Lipinski definition) is 2. The zero-order valence-electron chi connectivity index (χ0n) is 25.4. The molecule has 4 aromatic carbocycles. The highest BCUT2D eigenvalue weighted by Crippen LogP contribution is 2.25. The van der Waals surface area contributed by atoms with Gasteiger partial charge in [-0.3, -0.25) is 9.59 Å². The molecule has 0 fully saturated rings. The number of nitrogens with zero attached hydrogens (tertiary/aromatic N) is 4. The molecule has 0 radical (unpaired) electrons. The summed E-state index contributed by atoms with van der Waals surface area (Å²) in [5.74, 6) is -0.253. The number of nitrogens with one attached hydrogen (secondary N) is 2. The summed E-state index contributed by atoms with van der Waals surface area (Å²) in [6.07, 6.45) is 1.62. The van der Waals surface area contributed by atoms with Gasteiger partial charge in [0.05, 0.1) is 38.7 Å². The minimum Gasteiger partial charge on any atom is -0.352 e. The van der Waals surface area contributed by atoms with Gasteiger partial charge in [-0.05, 0) is 88.3 Å². The van der Waals surface area contributed by atoms with E-state index in [1.54, 1.807) is 6.07 Å². The second kappa shape index (κ2) is 12.7. The second-order valence-corrected chi connectivity index (χ2v) is 11.4. The average molecular weight is 585 g/mol. The maximum absolute atomic E-state index is 13.1. The van der Waals surface area contributed by atoms with Gasteiger partial charge in [-0.2, -0.15) is 0 Å². The molecule has 2 N–H and O–H groups in total. The third-order valence-corrected chi connectivity index (χ3v) is 8.06. The van der Waals surface area contributed by atoms with Gasteiger partial charge in [0, 0.05) is 23.9 Å². The van der Waals surface area contributed by atoms with E-state index in [4.69, 9.17) is 15.0 Å². The molecular weight excluding hydrogens is 548 g/mol. The third kappa shape index (κ3) is 6.07. The van der Waals surface area contributed by atoms with Crippen molar-refractivity contribution in [1.29, 1.82) is 0 Å². The predicted octanol–water partition coefficient (Wildman–Crippen LogP) is 5.97. The molecule has 6 rings (SSSR count). The lowest BCUT2D eigenvalue weighted by atomic mass is 10.0. The number of aromatic nitrogens is 3. The molecule has 0 aliphatic heterocycles. The van der Waals surface area contributed by atoms with E-state index in [9.17, 15) is 9.59 Å². The van der Waals surface area contributed by atoms with E-state index in [1.807, 2.05) is 80.6 Å². The molecular formula is C36H36N6O2. The summed E-state index contributed by atoms with van der Waals surface area (Å²) in [5, 5.41) is 8.14. The van der Waals surface area contributed by atoms with Crippen molar-refractivity contribution in [2.75, 3.05) is 33.2 Å². The second-order valence-electron chi connectivity index (χ2n) is 11.4. The van der Waals surface area contributed by atoms with E-state index in [2.05, 4.69) is 28.6 Å². The molecule has 2 heterocycles. The number of pyridine rings is 1. The first-order valence-electron chi connectivity index (χ1n) is 15.1. The van der Waals surface area contributed by atoms with Crippen LogP contribution in [-0.2, 0) is 0 Å². The van der Waals surface area contributed by atoms with Gasteiger partial charge in [-0.1, -0.05) is 48.5 Å². The summed E-state index contributed by atoms with van der Waals surface area (Å²) in [4.78, 5) is 42.7. The molecule has 2 aromatic heterocycles. The van der Waals surface area contributed by atoms with Crippen molar-refractivity contribution >= 4 is 55.7 Å². The summed E-state index contributed by atoms with van der Waals surface area (Å²) in [6, 6.07) is 25.4. The number of fused-ring (bicyclic) bond motifs is 4. The van der Waals surface area contributed by atoms with E-state index < -0.39 is 0 Å². The van der Waals surface area contributed by atoms with Crippen molar-refractivity contribution < 1.29 is 9.59 Å². The summed E-state index contributed by atoms with van der Waals surface area (Å²) in [7, 11) is 2.06. The van der Waals surface area contributed by atoms with Gasteiger partial charge in [-0.15, -0.1) is 0 Å². The van der Waals surface area contributed by atoms with Crippen molar-refractivity contribution in [2.24, 2.45) is 0 Å². The van der Waals surface area contributed by atoms with Crippen molar-refractivity contribution in [2.45, 2.75) is 26.7 Å². The molecule has 0 bridgehead atoms. The highest BCUT2D eigenvalue weighted by atomic mass is 16.2. The molecule has 0 aliphatic rings. The number of rotatable bonds is 10. The fourth-order valence-electron chi connectivity index (χ4n) is 5.66. The number of benzene rings is 4. The number of carbonyl (C=O) groups excluding carboxylic acids is 2. The fourth-order valence-corrected chi connectivity index (χ4v) is 5.66. The van der Waals surface area contributed by atoms with Gasteiger partial charge in [-0.25, -0.2) is 15.0 Å². The van der Waals surface area contributed by atoms with Gasteiger partial charge in [0.1, 0.15) is 5.52 Å². The fraction of sp³-hybridized carbons (Fsp3) is 0.250. The van der Waals surface area contributed by atoms with Crippen LogP contribution in [0.4, 0.5) is 0 Å². The molecule has 0 aliphatic carbocycles. The summed E-state index contributed by atoms with van der Waals surface area (Å²) >= 11 is 0. The molecule has 0 saturated heterocycles. The molecule has 222 valence electrons. The van der Waals surface area contributed by atoms with E-state index in [-0.39, 0.29) is 11.8 Å². The van der Waals surface area contributed by atoms with Crippen LogP contribution in [0.25, 0.3) is 43.9 Å². The van der Waals surface area contributed by atoms with Crippen LogP contribution in [0.15, 0.2) is 78.9 Å². The molecule has 0 atom stereocenters. The Kier molecular flexibility index (Phi) is 8.43. The molecule has 6 aromatic rings. The molecule has 0 spiro atoms. The number of carbonyl (C=O) groups is 2. The molecule has 0 unspecified atom stereocenters. The Labute approximate surface area is 256 Å². The van der Waals surface area contributed by atoms with Crippen LogP contribution in [0.5, 0.6) is 0 Å². The lowest BCUT2D eigenvalue weighted by Crippen LogP contribution is -2.31. The van der Waals surface area contributed by atoms with Crippen LogP contribution >= 0.6 is 0 Å². The Balaban J connectivity index is 0.971. The molecule has 44 heavy (non-hydrogen) atoms. The Bertz CT molecular complexity index is 1880. The van der Waals surface area contributed by atoms with Gasteiger partial charge in [0.15, 0.2) is 0 Å². The Morgan fingerprint density at radius 2 is 1.11 bits per heavy atom. The van der Waals surface area contributed by atoms with Gasteiger partial charge in [0.25, 0.3) is 11.8 Å². The smallest absolute Gasteiger partial charge is 0.253 e. The third-order valence-electron chi connectivity index (χ3n) is 8.06. The lowest BCUT2D eigenvalue weighted by molar-refractivity contribution is 0.0947. The van der Waals surface area contributed by atoms with Crippen molar-refractivity contribution in [3.63, 3.8) is 0 Å². The summed E-state index contributed by atoms with van der Waals surface area (Å²) in [6.45, 7) is 6.82. The molecule has 8 heteroatoms. The number of para-hydroxylation sites is 4. The summed E-state index contributed by atoms with van der Waals surface area (Å²) < 4.78 is 0. The molecule has 0 saturated carbocycles. The zero-order chi connectivity index (χ0) is 30.6. The average Bonchev–Trinajstić information content (AvgIpc) is 3.03. The highest BCUT2D eigenvalue weighted by Gasteiger charge is 2.15. The topological polar surface area (TPSA) is 100 Å². The standard InChI is InChI=1S/C36H36N6O2/c1-23-10-4-12-25-22-26-13-6-14-27(33(26)40-31(23)25)35(43)37-18-8-20-42(3)21-9-19-38-36(44)28-15-7-17-30-34(28)41-32-24(2)11-5-16-29(32)39-30/h4-7,10-17,22H,8-9,18-21H2,1-3H3,(H,37,43)(H,38,44). The first-order valence-corrected chi connectivity index (χ1v) is 15.1. The monoisotopic (exact) mass is 584 g/mol. The van der Waals surface area contributed by atoms with Crippen molar-refractivity contribution in [3.05, 3.63) is 101 Å². The molecule has 8 nitrogen and oxygen atoms in total. The van der Waals surface area contributed by atoms with Crippen LogP contribution < -0.4 is 10.6 Å². The Hall–Kier alpha value is -4.95. The van der Waals surface area contributed by atoms with E-state index in [1.165, 1.54) is 0 Å².